The van der Waals surface area contributed by atoms with E-state index >= 15 is 0 Å². The van der Waals surface area contributed by atoms with E-state index in [1.54, 1.807) is 0 Å². The summed E-state index contributed by atoms with van der Waals surface area (Å²) in [6, 6.07) is 6.44. The molecular formula is C25H36ClNO. The van der Waals surface area contributed by atoms with Gasteiger partial charge in [-0.1, -0.05) is 30.3 Å². The van der Waals surface area contributed by atoms with Gasteiger partial charge in [-0.3, -0.25) is 0 Å². The fourth-order valence-electron chi connectivity index (χ4n) is 5.02. The van der Waals surface area contributed by atoms with Gasteiger partial charge in [-0.15, -0.1) is 6.58 Å². The Morgan fingerprint density at radius 2 is 2.07 bits per heavy atom. The molecule has 0 saturated heterocycles. The van der Waals surface area contributed by atoms with Crippen LogP contribution in [-0.2, 0) is 16.6 Å². The highest BCUT2D eigenvalue weighted by Gasteiger charge is 2.40. The van der Waals surface area contributed by atoms with Crippen molar-refractivity contribution in [3.8, 4) is 0 Å². The molecular weight excluding hydrogens is 366 g/mol. The van der Waals surface area contributed by atoms with E-state index in [-0.39, 0.29) is 11.5 Å². The third-order valence-electron chi connectivity index (χ3n) is 6.71. The Labute approximate surface area is 176 Å². The number of aryl methyl sites for hydroxylation is 1. The number of rotatable bonds is 10. The Bertz CT molecular complexity index is 685. The van der Waals surface area contributed by atoms with E-state index in [1.807, 2.05) is 12.3 Å². The lowest BCUT2D eigenvalue weighted by molar-refractivity contribution is 0.0177. The summed E-state index contributed by atoms with van der Waals surface area (Å²) in [6.45, 7) is 15.1. The van der Waals surface area contributed by atoms with Crippen LogP contribution >= 0.6 is 11.6 Å². The summed E-state index contributed by atoms with van der Waals surface area (Å²) in [5.74, 6) is 1.55. The average Bonchev–Trinajstić information content (AvgIpc) is 2.66. The van der Waals surface area contributed by atoms with Gasteiger partial charge in [0.2, 0.25) is 0 Å². The molecule has 3 rings (SSSR count). The smallest absolute Gasteiger partial charge is 0.0583 e. The van der Waals surface area contributed by atoms with E-state index in [0.717, 1.165) is 55.8 Å². The molecule has 2 aliphatic carbocycles. The standard InChI is InChI=1S/C25H36ClNO/c1-5-8-20-10-11-22(20)16-27(6-2)17-25(18-28-19(3)4)14-7-9-21-15-23(26)12-13-24(21)25/h5-6,12-13,15,19-20,22H,1-2,7-11,14,16-18H2,3-4H3/t20-,22+,25+/m1/s1. The number of hydrogen-bond acceptors (Lipinski definition) is 2. The van der Waals surface area contributed by atoms with Gasteiger partial charge in [-0.25, -0.2) is 0 Å². The van der Waals surface area contributed by atoms with Crippen LogP contribution in [0.3, 0.4) is 0 Å². The minimum absolute atomic E-state index is 0.00825. The van der Waals surface area contributed by atoms with Crippen molar-refractivity contribution in [2.75, 3.05) is 19.7 Å². The molecule has 1 aromatic carbocycles. The number of halogens is 1. The minimum Gasteiger partial charge on any atom is -0.378 e. The minimum atomic E-state index is 0.00825. The van der Waals surface area contributed by atoms with Crippen LogP contribution in [0.15, 0.2) is 43.6 Å². The lowest BCUT2D eigenvalue weighted by Crippen LogP contribution is -2.47. The molecule has 0 aliphatic heterocycles. The van der Waals surface area contributed by atoms with E-state index in [9.17, 15) is 0 Å². The summed E-state index contributed by atoms with van der Waals surface area (Å²) in [5.41, 5.74) is 2.82. The quantitative estimate of drug-likeness (QED) is 0.421. The second-order valence-corrected chi connectivity index (χ2v) is 9.47. The topological polar surface area (TPSA) is 12.5 Å². The number of nitrogens with zero attached hydrogens (tertiary/aromatic N) is 1. The van der Waals surface area contributed by atoms with Gasteiger partial charge < -0.3 is 9.64 Å². The molecule has 2 nitrogen and oxygen atoms in total. The van der Waals surface area contributed by atoms with Crippen molar-refractivity contribution in [3.63, 3.8) is 0 Å². The Balaban J connectivity index is 1.82. The zero-order valence-corrected chi connectivity index (χ0v) is 18.4. The normalized spacial score (nSPS) is 26.4. The van der Waals surface area contributed by atoms with E-state index in [1.165, 1.54) is 30.4 Å². The summed E-state index contributed by atoms with van der Waals surface area (Å²) in [6.07, 6.45) is 11.6. The van der Waals surface area contributed by atoms with Crippen LogP contribution in [0.2, 0.25) is 5.02 Å². The highest BCUT2D eigenvalue weighted by molar-refractivity contribution is 6.30. The van der Waals surface area contributed by atoms with Crippen LogP contribution in [-0.4, -0.2) is 30.7 Å². The highest BCUT2D eigenvalue weighted by atomic mass is 35.5. The molecule has 1 saturated carbocycles. The van der Waals surface area contributed by atoms with Gasteiger partial charge >= 0.3 is 0 Å². The Kier molecular flexibility index (Phi) is 7.28. The largest absolute Gasteiger partial charge is 0.378 e. The second-order valence-electron chi connectivity index (χ2n) is 9.03. The number of hydrogen-bond donors (Lipinski definition) is 0. The Morgan fingerprint density at radius 3 is 2.71 bits per heavy atom. The fourth-order valence-corrected chi connectivity index (χ4v) is 5.22. The van der Waals surface area contributed by atoms with Gasteiger partial charge in [0, 0.05) is 23.5 Å². The predicted octanol–water partition coefficient (Wildman–Crippen LogP) is 6.39. The molecule has 0 radical (unpaired) electrons. The van der Waals surface area contributed by atoms with Crippen LogP contribution in [0.4, 0.5) is 0 Å². The van der Waals surface area contributed by atoms with Gasteiger partial charge in [0.1, 0.15) is 0 Å². The summed E-state index contributed by atoms with van der Waals surface area (Å²) >= 11 is 6.31. The van der Waals surface area contributed by atoms with Crippen LogP contribution in [0.25, 0.3) is 0 Å². The van der Waals surface area contributed by atoms with Gasteiger partial charge in [0.05, 0.1) is 12.7 Å². The molecule has 0 heterocycles. The number of ether oxygens (including phenoxy) is 1. The van der Waals surface area contributed by atoms with Gasteiger partial charge in [-0.05, 0) is 93.7 Å². The molecule has 28 heavy (non-hydrogen) atoms. The van der Waals surface area contributed by atoms with Crippen LogP contribution < -0.4 is 0 Å². The van der Waals surface area contributed by atoms with E-state index in [4.69, 9.17) is 16.3 Å². The van der Waals surface area contributed by atoms with Crippen molar-refractivity contribution in [3.05, 3.63) is 59.8 Å². The van der Waals surface area contributed by atoms with Gasteiger partial charge in [0.15, 0.2) is 0 Å². The van der Waals surface area contributed by atoms with Gasteiger partial charge in [-0.2, -0.15) is 0 Å². The molecule has 154 valence electrons. The highest BCUT2D eigenvalue weighted by Crippen LogP contribution is 2.42. The fraction of sp³-hybridized carbons (Fsp3) is 0.600. The third kappa shape index (κ3) is 4.83. The van der Waals surface area contributed by atoms with E-state index in [2.05, 4.69) is 50.1 Å². The SMILES string of the molecule is C=CC[C@@H]1CC[C@H]1CN(C=C)C[C@]1(COC(C)C)CCCc2cc(Cl)ccc21. The predicted molar refractivity (Wildman–Crippen MR) is 120 cm³/mol. The summed E-state index contributed by atoms with van der Waals surface area (Å²) in [4.78, 5) is 2.45. The van der Waals surface area contributed by atoms with E-state index < -0.39 is 0 Å². The van der Waals surface area contributed by atoms with Crippen molar-refractivity contribution >= 4 is 11.6 Å². The number of allylic oxidation sites excluding steroid dienone is 1. The number of benzene rings is 1. The first-order valence-corrected chi connectivity index (χ1v) is 11.2. The molecule has 0 spiro atoms. The first-order valence-electron chi connectivity index (χ1n) is 10.9. The summed E-state index contributed by atoms with van der Waals surface area (Å²) < 4.78 is 6.21. The molecule has 0 amide bonds. The zero-order valence-electron chi connectivity index (χ0n) is 17.6. The summed E-state index contributed by atoms with van der Waals surface area (Å²) in [5, 5.41) is 0.835. The van der Waals surface area contributed by atoms with Crippen molar-refractivity contribution in [1.82, 2.24) is 4.90 Å². The Morgan fingerprint density at radius 1 is 1.29 bits per heavy atom. The second kappa shape index (κ2) is 9.50. The van der Waals surface area contributed by atoms with E-state index in [0.29, 0.717) is 0 Å². The number of fused-ring (bicyclic) bond motifs is 1. The molecule has 0 bridgehead atoms. The molecule has 3 atom stereocenters. The first kappa shape index (κ1) is 21.5. The maximum absolute atomic E-state index is 6.31. The maximum Gasteiger partial charge on any atom is 0.0583 e. The van der Waals surface area contributed by atoms with Crippen molar-refractivity contribution in [1.29, 1.82) is 0 Å². The van der Waals surface area contributed by atoms with Crippen LogP contribution in [0.1, 0.15) is 57.1 Å². The Hall–Kier alpha value is -1.25. The molecule has 1 fully saturated rings. The first-order chi connectivity index (χ1) is 13.5. The van der Waals surface area contributed by atoms with Crippen LogP contribution in [0, 0.1) is 11.8 Å². The average molecular weight is 402 g/mol. The third-order valence-corrected chi connectivity index (χ3v) is 6.95. The molecule has 0 aromatic heterocycles. The zero-order chi connectivity index (χ0) is 20.1. The van der Waals surface area contributed by atoms with Crippen LogP contribution in [0.5, 0.6) is 0 Å². The molecule has 1 aromatic rings. The van der Waals surface area contributed by atoms with Crippen molar-refractivity contribution in [2.24, 2.45) is 11.8 Å². The lowest BCUT2D eigenvalue weighted by Gasteiger charge is -2.45. The van der Waals surface area contributed by atoms with Crippen molar-refractivity contribution in [2.45, 2.75) is 63.9 Å². The molecule has 0 N–H and O–H groups in total. The molecule has 0 unspecified atom stereocenters. The lowest BCUT2D eigenvalue weighted by atomic mass is 9.69. The summed E-state index contributed by atoms with van der Waals surface area (Å²) in [7, 11) is 0. The molecule has 2 aliphatic rings. The monoisotopic (exact) mass is 401 g/mol. The maximum atomic E-state index is 6.31. The van der Waals surface area contributed by atoms with Crippen molar-refractivity contribution < 1.29 is 4.74 Å². The van der Waals surface area contributed by atoms with Gasteiger partial charge in [0.25, 0.3) is 0 Å². The molecule has 3 heteroatoms.